The lowest BCUT2D eigenvalue weighted by atomic mass is 9.86. The zero-order valence-electron chi connectivity index (χ0n) is 16.3. The normalized spacial score (nSPS) is 28.2. The number of rotatable bonds is 4. The quantitative estimate of drug-likeness (QED) is 0.395. The van der Waals surface area contributed by atoms with Gasteiger partial charge in [0.25, 0.3) is 0 Å². The van der Waals surface area contributed by atoms with Gasteiger partial charge in [-0.2, -0.15) is 0 Å². The fourth-order valence-electron chi connectivity index (χ4n) is 4.79. The second-order valence-corrected chi connectivity index (χ2v) is 8.08. The van der Waals surface area contributed by atoms with Crippen molar-refractivity contribution >= 4 is 29.9 Å². The molecule has 1 spiro atoms. The standard InChI is InChI=1S/C19H36N4O.HI/c1-4-20-18(22-10-9-19(15-22)7-5-6-8-19)21-13-16(2)23-11-12-24-14-17(23)3;/h16-17H,4-15H2,1-3H3,(H,20,21);1H. The van der Waals surface area contributed by atoms with Crippen LogP contribution in [0.4, 0.5) is 0 Å². The summed E-state index contributed by atoms with van der Waals surface area (Å²) in [5.41, 5.74) is 0.598. The van der Waals surface area contributed by atoms with E-state index >= 15 is 0 Å². The number of halogens is 1. The third-order valence-electron chi connectivity index (χ3n) is 6.23. The summed E-state index contributed by atoms with van der Waals surface area (Å²) in [5, 5.41) is 3.53. The molecule has 0 amide bonds. The lowest BCUT2D eigenvalue weighted by Gasteiger charge is -2.37. The number of nitrogens with zero attached hydrogens (tertiary/aromatic N) is 3. The van der Waals surface area contributed by atoms with Crippen LogP contribution < -0.4 is 5.32 Å². The summed E-state index contributed by atoms with van der Waals surface area (Å²) in [6, 6.07) is 0.973. The van der Waals surface area contributed by atoms with E-state index in [1.54, 1.807) is 0 Å². The van der Waals surface area contributed by atoms with Gasteiger partial charge in [-0.05, 0) is 45.4 Å². The monoisotopic (exact) mass is 464 g/mol. The van der Waals surface area contributed by atoms with Gasteiger partial charge in [0.15, 0.2) is 5.96 Å². The van der Waals surface area contributed by atoms with Gasteiger partial charge in [-0.25, -0.2) is 0 Å². The Labute approximate surface area is 171 Å². The van der Waals surface area contributed by atoms with Crippen LogP contribution in [0.3, 0.4) is 0 Å². The Hall–Kier alpha value is -0.0800. The Morgan fingerprint density at radius 3 is 2.72 bits per heavy atom. The van der Waals surface area contributed by atoms with E-state index in [-0.39, 0.29) is 24.0 Å². The number of aliphatic imine (C=N–C) groups is 1. The van der Waals surface area contributed by atoms with Crippen LogP contribution in [-0.4, -0.2) is 73.8 Å². The SMILES string of the molecule is CCNC(=NCC(C)N1CCOCC1C)N1CCC2(CCCC2)C1.I. The Balaban J connectivity index is 0.00000225. The van der Waals surface area contributed by atoms with Crippen LogP contribution >= 0.6 is 24.0 Å². The molecule has 2 unspecified atom stereocenters. The van der Waals surface area contributed by atoms with Gasteiger partial charge in [0.2, 0.25) is 0 Å². The molecule has 6 heteroatoms. The predicted octanol–water partition coefficient (Wildman–Crippen LogP) is 2.95. The molecule has 2 atom stereocenters. The average molecular weight is 464 g/mol. The Morgan fingerprint density at radius 2 is 2.04 bits per heavy atom. The van der Waals surface area contributed by atoms with E-state index in [4.69, 9.17) is 9.73 Å². The van der Waals surface area contributed by atoms with Crippen LogP contribution in [0.5, 0.6) is 0 Å². The van der Waals surface area contributed by atoms with Crippen molar-refractivity contribution in [3.05, 3.63) is 0 Å². The molecule has 2 aliphatic heterocycles. The van der Waals surface area contributed by atoms with Gasteiger partial charge in [0.1, 0.15) is 0 Å². The van der Waals surface area contributed by atoms with Crippen LogP contribution in [0.1, 0.15) is 52.9 Å². The minimum Gasteiger partial charge on any atom is -0.379 e. The molecule has 3 fully saturated rings. The molecule has 146 valence electrons. The van der Waals surface area contributed by atoms with E-state index in [1.165, 1.54) is 45.2 Å². The lowest BCUT2D eigenvalue weighted by Crippen LogP contribution is -2.50. The highest BCUT2D eigenvalue weighted by Gasteiger charge is 2.41. The van der Waals surface area contributed by atoms with E-state index in [9.17, 15) is 0 Å². The Kier molecular flexibility index (Phi) is 8.27. The molecule has 1 N–H and O–H groups in total. The van der Waals surface area contributed by atoms with Crippen LogP contribution in [0.25, 0.3) is 0 Å². The first-order chi connectivity index (χ1) is 11.6. The highest BCUT2D eigenvalue weighted by Crippen LogP contribution is 2.45. The van der Waals surface area contributed by atoms with Crippen molar-refractivity contribution in [1.29, 1.82) is 0 Å². The predicted molar refractivity (Wildman–Crippen MR) is 115 cm³/mol. The van der Waals surface area contributed by atoms with Gasteiger partial charge < -0.3 is 15.0 Å². The molecule has 5 nitrogen and oxygen atoms in total. The van der Waals surface area contributed by atoms with Gasteiger partial charge in [-0.3, -0.25) is 9.89 Å². The van der Waals surface area contributed by atoms with Crippen molar-refractivity contribution < 1.29 is 4.74 Å². The highest BCUT2D eigenvalue weighted by molar-refractivity contribution is 14.0. The van der Waals surface area contributed by atoms with Crippen LogP contribution in [0.15, 0.2) is 4.99 Å². The van der Waals surface area contributed by atoms with Gasteiger partial charge in [-0.15, -0.1) is 24.0 Å². The smallest absolute Gasteiger partial charge is 0.193 e. The van der Waals surface area contributed by atoms with Crippen molar-refractivity contribution in [2.24, 2.45) is 10.4 Å². The summed E-state index contributed by atoms with van der Waals surface area (Å²) in [4.78, 5) is 10.1. The fourth-order valence-corrected chi connectivity index (χ4v) is 4.79. The van der Waals surface area contributed by atoms with Crippen molar-refractivity contribution in [3.63, 3.8) is 0 Å². The first kappa shape index (κ1) is 21.2. The van der Waals surface area contributed by atoms with Gasteiger partial charge in [0.05, 0.1) is 19.8 Å². The molecule has 0 aromatic carbocycles. The zero-order valence-corrected chi connectivity index (χ0v) is 18.6. The molecule has 0 bridgehead atoms. The van der Waals surface area contributed by atoms with Gasteiger partial charge in [-0.1, -0.05) is 12.8 Å². The molecular weight excluding hydrogens is 427 g/mol. The lowest BCUT2D eigenvalue weighted by molar-refractivity contribution is -0.0166. The minimum absolute atomic E-state index is 0. The molecule has 25 heavy (non-hydrogen) atoms. The topological polar surface area (TPSA) is 40.1 Å². The number of nitrogens with one attached hydrogen (secondary N) is 1. The number of hydrogen-bond donors (Lipinski definition) is 1. The summed E-state index contributed by atoms with van der Waals surface area (Å²) in [7, 11) is 0. The second-order valence-electron chi connectivity index (χ2n) is 8.08. The summed E-state index contributed by atoms with van der Waals surface area (Å²) < 4.78 is 5.56. The van der Waals surface area contributed by atoms with Crippen molar-refractivity contribution in [3.8, 4) is 0 Å². The van der Waals surface area contributed by atoms with E-state index in [1.807, 2.05) is 0 Å². The van der Waals surface area contributed by atoms with Crippen molar-refractivity contribution in [1.82, 2.24) is 15.1 Å². The number of ether oxygens (including phenoxy) is 1. The highest BCUT2D eigenvalue weighted by atomic mass is 127. The molecule has 0 radical (unpaired) electrons. The third kappa shape index (κ3) is 5.22. The first-order valence-corrected chi connectivity index (χ1v) is 10.0. The second kappa shape index (κ2) is 9.74. The molecule has 3 aliphatic rings. The van der Waals surface area contributed by atoms with E-state index in [2.05, 4.69) is 35.9 Å². The van der Waals surface area contributed by atoms with Crippen molar-refractivity contribution in [2.75, 3.05) is 45.9 Å². The molecule has 2 saturated heterocycles. The molecular formula is C19H37IN4O. The number of guanidine groups is 1. The van der Waals surface area contributed by atoms with Crippen LogP contribution in [0, 0.1) is 5.41 Å². The van der Waals surface area contributed by atoms with E-state index in [0.29, 0.717) is 17.5 Å². The molecule has 0 aromatic heterocycles. The summed E-state index contributed by atoms with van der Waals surface area (Å²) in [6.07, 6.45) is 7.05. The summed E-state index contributed by atoms with van der Waals surface area (Å²) in [5.74, 6) is 1.13. The summed E-state index contributed by atoms with van der Waals surface area (Å²) >= 11 is 0. The zero-order chi connectivity index (χ0) is 17.0. The van der Waals surface area contributed by atoms with Crippen LogP contribution in [0.2, 0.25) is 0 Å². The minimum atomic E-state index is 0. The molecule has 2 heterocycles. The van der Waals surface area contributed by atoms with Crippen LogP contribution in [-0.2, 0) is 4.74 Å². The number of morpholine rings is 1. The fraction of sp³-hybridized carbons (Fsp3) is 0.947. The third-order valence-corrected chi connectivity index (χ3v) is 6.23. The first-order valence-electron chi connectivity index (χ1n) is 10.0. The largest absolute Gasteiger partial charge is 0.379 e. The maximum atomic E-state index is 5.56. The van der Waals surface area contributed by atoms with E-state index in [0.717, 1.165) is 38.8 Å². The number of likely N-dealkylation sites (tertiary alicyclic amines) is 1. The van der Waals surface area contributed by atoms with Gasteiger partial charge >= 0.3 is 0 Å². The Bertz CT molecular complexity index is 439. The van der Waals surface area contributed by atoms with Gasteiger partial charge in [0, 0.05) is 38.3 Å². The molecule has 1 saturated carbocycles. The van der Waals surface area contributed by atoms with Crippen molar-refractivity contribution in [2.45, 2.75) is 65.0 Å². The number of hydrogen-bond acceptors (Lipinski definition) is 3. The Morgan fingerprint density at radius 1 is 1.28 bits per heavy atom. The maximum absolute atomic E-state index is 5.56. The molecule has 0 aromatic rings. The molecule has 1 aliphatic carbocycles. The van der Waals surface area contributed by atoms with E-state index < -0.39 is 0 Å². The average Bonchev–Trinajstić information content (AvgIpc) is 3.22. The summed E-state index contributed by atoms with van der Waals surface area (Å²) in [6.45, 7) is 13.7. The molecule has 3 rings (SSSR count). The maximum Gasteiger partial charge on any atom is 0.193 e.